The number of aryl methyl sites for hydroxylation is 1. The molecular formula is C14H18N4O2S. The van der Waals surface area contributed by atoms with Gasteiger partial charge in [0.1, 0.15) is 5.82 Å². The van der Waals surface area contributed by atoms with Crippen molar-refractivity contribution in [2.45, 2.75) is 20.4 Å². The topological polar surface area (TPSA) is 84.0 Å². The second-order valence-electron chi connectivity index (χ2n) is 4.59. The summed E-state index contributed by atoms with van der Waals surface area (Å²) in [5, 5.41) is 11.0. The first-order valence-electron chi connectivity index (χ1n) is 6.63. The van der Waals surface area contributed by atoms with E-state index in [1.807, 2.05) is 31.2 Å². The average molecular weight is 306 g/mol. The van der Waals surface area contributed by atoms with Crippen molar-refractivity contribution in [2.75, 3.05) is 15.8 Å². The summed E-state index contributed by atoms with van der Waals surface area (Å²) in [5.74, 6) is 0.818. The fraction of sp³-hybridized carbons (Fsp3) is 0.286. The molecule has 2 N–H and O–H groups in total. The summed E-state index contributed by atoms with van der Waals surface area (Å²) in [6.07, 6.45) is 0. The molecule has 2 aromatic rings. The summed E-state index contributed by atoms with van der Waals surface area (Å²) in [6, 6.07) is 11.3. The maximum absolute atomic E-state index is 11.4. The summed E-state index contributed by atoms with van der Waals surface area (Å²) < 4.78 is 25.2. The number of sulfonamides is 1. The van der Waals surface area contributed by atoms with E-state index in [1.54, 1.807) is 19.1 Å². The van der Waals surface area contributed by atoms with Crippen molar-refractivity contribution in [3.8, 4) is 0 Å². The Morgan fingerprint density at radius 2 is 1.71 bits per heavy atom. The monoisotopic (exact) mass is 306 g/mol. The van der Waals surface area contributed by atoms with E-state index in [1.165, 1.54) is 11.1 Å². The van der Waals surface area contributed by atoms with Crippen LogP contribution in [0.4, 0.5) is 11.6 Å². The molecule has 0 atom stereocenters. The van der Waals surface area contributed by atoms with Gasteiger partial charge in [0.15, 0.2) is 5.82 Å². The van der Waals surface area contributed by atoms with Crippen LogP contribution in [-0.2, 0) is 16.6 Å². The van der Waals surface area contributed by atoms with E-state index in [2.05, 4.69) is 20.2 Å². The van der Waals surface area contributed by atoms with Gasteiger partial charge in [-0.15, -0.1) is 10.2 Å². The Bertz CT molecular complexity index is 699. The van der Waals surface area contributed by atoms with Crippen LogP contribution in [0.3, 0.4) is 0 Å². The van der Waals surface area contributed by atoms with Crippen molar-refractivity contribution in [2.24, 2.45) is 0 Å². The number of hydrogen-bond acceptors (Lipinski definition) is 5. The first-order valence-corrected chi connectivity index (χ1v) is 8.28. The zero-order chi connectivity index (χ0) is 15.3. The van der Waals surface area contributed by atoms with Crippen LogP contribution in [0.1, 0.15) is 18.1 Å². The van der Waals surface area contributed by atoms with Crippen LogP contribution in [0.15, 0.2) is 36.4 Å². The molecule has 0 aliphatic carbocycles. The Balaban J connectivity index is 1.98. The molecule has 0 saturated heterocycles. The van der Waals surface area contributed by atoms with E-state index in [-0.39, 0.29) is 11.6 Å². The van der Waals surface area contributed by atoms with Gasteiger partial charge in [0, 0.05) is 6.54 Å². The maximum Gasteiger partial charge on any atom is 0.233 e. The third-order valence-electron chi connectivity index (χ3n) is 3.03. The second-order valence-corrected chi connectivity index (χ2v) is 6.60. The fourth-order valence-electron chi connectivity index (χ4n) is 1.71. The molecule has 112 valence electrons. The molecule has 7 heteroatoms. The summed E-state index contributed by atoms with van der Waals surface area (Å²) in [4.78, 5) is 0. The molecule has 0 unspecified atom stereocenters. The smallest absolute Gasteiger partial charge is 0.233 e. The molecule has 1 aromatic carbocycles. The van der Waals surface area contributed by atoms with Crippen molar-refractivity contribution in [3.05, 3.63) is 47.5 Å². The lowest BCUT2D eigenvalue weighted by molar-refractivity contribution is 0.602. The Hall–Kier alpha value is -2.15. The highest BCUT2D eigenvalue weighted by Gasteiger charge is 2.08. The van der Waals surface area contributed by atoms with Crippen molar-refractivity contribution in [1.29, 1.82) is 0 Å². The molecule has 1 heterocycles. The van der Waals surface area contributed by atoms with Crippen molar-refractivity contribution >= 4 is 21.7 Å². The summed E-state index contributed by atoms with van der Waals surface area (Å²) >= 11 is 0. The van der Waals surface area contributed by atoms with Gasteiger partial charge >= 0.3 is 0 Å². The molecule has 0 amide bonds. The van der Waals surface area contributed by atoms with E-state index in [0.717, 1.165) is 0 Å². The molecule has 0 fully saturated rings. The summed E-state index contributed by atoms with van der Waals surface area (Å²) in [7, 11) is -3.32. The van der Waals surface area contributed by atoms with Crippen LogP contribution in [-0.4, -0.2) is 24.4 Å². The molecule has 0 aliphatic rings. The lowest BCUT2D eigenvalue weighted by atomic mass is 10.1. The van der Waals surface area contributed by atoms with Gasteiger partial charge in [-0.05, 0) is 37.1 Å². The summed E-state index contributed by atoms with van der Waals surface area (Å²) in [6.45, 7) is 4.25. The summed E-state index contributed by atoms with van der Waals surface area (Å²) in [5.41, 5.74) is 2.38. The molecule has 0 bridgehead atoms. The van der Waals surface area contributed by atoms with Crippen molar-refractivity contribution < 1.29 is 8.42 Å². The highest BCUT2D eigenvalue weighted by atomic mass is 32.2. The minimum atomic E-state index is -3.32. The van der Waals surface area contributed by atoms with Crippen LogP contribution in [0.25, 0.3) is 0 Å². The van der Waals surface area contributed by atoms with E-state index in [9.17, 15) is 8.42 Å². The van der Waals surface area contributed by atoms with Gasteiger partial charge in [-0.1, -0.05) is 24.3 Å². The van der Waals surface area contributed by atoms with E-state index >= 15 is 0 Å². The lowest BCUT2D eigenvalue weighted by Crippen LogP contribution is -2.16. The molecular weight excluding hydrogens is 288 g/mol. The largest absolute Gasteiger partial charge is 0.364 e. The Morgan fingerprint density at radius 1 is 1.05 bits per heavy atom. The number of anilines is 2. The highest BCUT2D eigenvalue weighted by molar-refractivity contribution is 7.92. The number of nitrogens with one attached hydrogen (secondary N) is 2. The minimum Gasteiger partial charge on any atom is -0.364 e. The van der Waals surface area contributed by atoms with Crippen LogP contribution < -0.4 is 10.0 Å². The SMILES string of the molecule is CCS(=O)(=O)Nc1ccc(NCc2ccccc2C)nn1. The van der Waals surface area contributed by atoms with E-state index < -0.39 is 10.0 Å². The molecule has 0 saturated carbocycles. The highest BCUT2D eigenvalue weighted by Crippen LogP contribution is 2.11. The van der Waals surface area contributed by atoms with Crippen LogP contribution in [0.5, 0.6) is 0 Å². The predicted octanol–water partition coefficient (Wildman–Crippen LogP) is 2.16. The number of aromatic nitrogens is 2. The van der Waals surface area contributed by atoms with Crippen LogP contribution in [0, 0.1) is 6.92 Å². The first-order chi connectivity index (χ1) is 10.00. The molecule has 0 aliphatic heterocycles. The Kier molecular flexibility index (Phi) is 4.74. The first kappa shape index (κ1) is 15.2. The van der Waals surface area contributed by atoms with Gasteiger partial charge in [-0.3, -0.25) is 4.72 Å². The van der Waals surface area contributed by atoms with Gasteiger partial charge in [0.2, 0.25) is 10.0 Å². The molecule has 6 nitrogen and oxygen atoms in total. The van der Waals surface area contributed by atoms with E-state index in [0.29, 0.717) is 12.4 Å². The van der Waals surface area contributed by atoms with Gasteiger partial charge in [0.05, 0.1) is 5.75 Å². The molecule has 0 radical (unpaired) electrons. The molecule has 2 rings (SSSR count). The van der Waals surface area contributed by atoms with Gasteiger partial charge in [-0.25, -0.2) is 8.42 Å². The fourth-order valence-corrected chi connectivity index (χ4v) is 2.28. The number of rotatable bonds is 6. The van der Waals surface area contributed by atoms with Crippen molar-refractivity contribution in [3.63, 3.8) is 0 Å². The standard InChI is InChI=1S/C14H18N4O2S/c1-3-21(19,20)18-14-9-8-13(16-17-14)15-10-12-7-5-4-6-11(12)2/h4-9H,3,10H2,1-2H3,(H,15,16)(H,17,18). The van der Waals surface area contributed by atoms with Gasteiger partial charge < -0.3 is 5.32 Å². The average Bonchev–Trinajstić information content (AvgIpc) is 2.48. The van der Waals surface area contributed by atoms with E-state index in [4.69, 9.17) is 0 Å². The second kappa shape index (κ2) is 6.53. The Labute approximate surface area is 124 Å². The minimum absolute atomic E-state index is 0.00195. The zero-order valence-corrected chi connectivity index (χ0v) is 12.8. The predicted molar refractivity (Wildman–Crippen MR) is 83.6 cm³/mol. The number of hydrogen-bond donors (Lipinski definition) is 2. The van der Waals surface area contributed by atoms with Gasteiger partial charge in [0.25, 0.3) is 0 Å². The third kappa shape index (κ3) is 4.42. The van der Waals surface area contributed by atoms with Crippen LogP contribution >= 0.6 is 0 Å². The number of benzene rings is 1. The van der Waals surface area contributed by atoms with Crippen LogP contribution in [0.2, 0.25) is 0 Å². The molecule has 21 heavy (non-hydrogen) atoms. The maximum atomic E-state index is 11.4. The molecule has 1 aromatic heterocycles. The third-order valence-corrected chi connectivity index (χ3v) is 4.31. The lowest BCUT2D eigenvalue weighted by Gasteiger charge is -2.08. The normalized spacial score (nSPS) is 11.1. The zero-order valence-electron chi connectivity index (χ0n) is 12.0. The number of nitrogens with zero attached hydrogens (tertiary/aromatic N) is 2. The quantitative estimate of drug-likeness (QED) is 0.854. The van der Waals surface area contributed by atoms with Crippen molar-refractivity contribution in [1.82, 2.24) is 10.2 Å². The van der Waals surface area contributed by atoms with Gasteiger partial charge in [-0.2, -0.15) is 0 Å². The molecule has 0 spiro atoms. The Morgan fingerprint density at radius 3 is 2.33 bits per heavy atom.